The molecule has 18 heavy (non-hydrogen) atoms. The summed E-state index contributed by atoms with van der Waals surface area (Å²) in [5.41, 5.74) is 1.22. The first-order valence-electron chi connectivity index (χ1n) is 5.90. The number of aryl methyl sites for hydroxylation is 1. The zero-order valence-electron chi connectivity index (χ0n) is 10.9. The summed E-state index contributed by atoms with van der Waals surface area (Å²) in [5.74, 6) is 0.577. The molecule has 0 bridgehead atoms. The van der Waals surface area contributed by atoms with E-state index < -0.39 is 0 Å². The van der Waals surface area contributed by atoms with Crippen molar-refractivity contribution in [3.8, 4) is 0 Å². The number of amides is 1. The van der Waals surface area contributed by atoms with E-state index in [9.17, 15) is 4.79 Å². The molecule has 0 saturated carbocycles. The maximum atomic E-state index is 11.5. The maximum absolute atomic E-state index is 11.5. The van der Waals surface area contributed by atoms with Gasteiger partial charge in [-0.3, -0.25) is 4.79 Å². The molecule has 0 fully saturated rings. The summed E-state index contributed by atoms with van der Waals surface area (Å²) in [5, 5.41) is 6.05. The monoisotopic (exact) mass is 288 g/mol. The van der Waals surface area contributed by atoms with Crippen molar-refractivity contribution < 1.29 is 4.79 Å². The molecule has 0 saturated heterocycles. The highest BCUT2D eigenvalue weighted by molar-refractivity contribution is 8.00. The standard InChI is InChI=1S/C13H20N2OS.ClH/c1-3-14-8-9-15-13(16)10-17-12-7-5-4-6-11(12)2;/h4-7,14H,3,8-10H2,1-2H3,(H,15,16);1H. The molecule has 0 heterocycles. The normalized spacial score (nSPS) is 9.67. The maximum Gasteiger partial charge on any atom is 0.230 e. The van der Waals surface area contributed by atoms with E-state index in [1.807, 2.05) is 18.2 Å². The van der Waals surface area contributed by atoms with Crippen LogP contribution in [0.3, 0.4) is 0 Å². The third-order valence-corrected chi connectivity index (χ3v) is 3.50. The van der Waals surface area contributed by atoms with Crippen LogP contribution in [0.25, 0.3) is 0 Å². The molecule has 0 aliphatic rings. The third-order valence-electron chi connectivity index (χ3n) is 2.33. The van der Waals surface area contributed by atoms with Crippen molar-refractivity contribution in [2.75, 3.05) is 25.4 Å². The van der Waals surface area contributed by atoms with E-state index in [1.54, 1.807) is 11.8 Å². The van der Waals surface area contributed by atoms with E-state index in [-0.39, 0.29) is 18.3 Å². The summed E-state index contributed by atoms with van der Waals surface area (Å²) in [4.78, 5) is 12.7. The second-order valence-corrected chi connectivity index (χ2v) is 4.77. The molecular weight excluding hydrogens is 268 g/mol. The van der Waals surface area contributed by atoms with Gasteiger partial charge in [0, 0.05) is 18.0 Å². The lowest BCUT2D eigenvalue weighted by atomic mass is 10.2. The smallest absolute Gasteiger partial charge is 0.230 e. The van der Waals surface area contributed by atoms with Crippen molar-refractivity contribution >= 4 is 30.1 Å². The zero-order valence-corrected chi connectivity index (χ0v) is 12.5. The molecule has 0 radical (unpaired) electrons. The summed E-state index contributed by atoms with van der Waals surface area (Å²) in [6.07, 6.45) is 0. The van der Waals surface area contributed by atoms with Gasteiger partial charge in [-0.25, -0.2) is 0 Å². The summed E-state index contributed by atoms with van der Waals surface area (Å²) >= 11 is 1.59. The Morgan fingerprint density at radius 2 is 2.00 bits per heavy atom. The van der Waals surface area contributed by atoms with Crippen LogP contribution < -0.4 is 10.6 Å². The Bertz CT molecular complexity index is 361. The molecule has 0 aliphatic carbocycles. The first-order valence-corrected chi connectivity index (χ1v) is 6.88. The summed E-state index contributed by atoms with van der Waals surface area (Å²) in [7, 11) is 0. The van der Waals surface area contributed by atoms with Gasteiger partial charge in [0.2, 0.25) is 5.91 Å². The molecule has 1 rings (SSSR count). The van der Waals surface area contributed by atoms with Crippen LogP contribution in [0, 0.1) is 6.92 Å². The molecule has 0 aromatic heterocycles. The number of hydrogen-bond acceptors (Lipinski definition) is 3. The minimum Gasteiger partial charge on any atom is -0.354 e. The Morgan fingerprint density at radius 3 is 2.67 bits per heavy atom. The van der Waals surface area contributed by atoms with E-state index in [0.29, 0.717) is 12.3 Å². The van der Waals surface area contributed by atoms with Crippen LogP contribution in [-0.4, -0.2) is 31.3 Å². The molecule has 0 atom stereocenters. The van der Waals surface area contributed by atoms with Crippen LogP contribution in [-0.2, 0) is 4.79 Å². The van der Waals surface area contributed by atoms with Crippen LogP contribution in [0.1, 0.15) is 12.5 Å². The molecular formula is C13H21ClN2OS. The first kappa shape index (κ1) is 17.3. The fourth-order valence-corrected chi connectivity index (χ4v) is 2.24. The Labute approximate surface area is 120 Å². The van der Waals surface area contributed by atoms with Crippen LogP contribution >= 0.6 is 24.2 Å². The predicted octanol–water partition coefficient (Wildman–Crippen LogP) is 2.23. The van der Waals surface area contributed by atoms with E-state index in [1.165, 1.54) is 10.5 Å². The van der Waals surface area contributed by atoms with Gasteiger partial charge in [0.05, 0.1) is 5.75 Å². The van der Waals surface area contributed by atoms with Gasteiger partial charge < -0.3 is 10.6 Å². The molecule has 102 valence electrons. The highest BCUT2D eigenvalue weighted by Crippen LogP contribution is 2.21. The van der Waals surface area contributed by atoms with Gasteiger partial charge in [0.15, 0.2) is 0 Å². The fraction of sp³-hybridized carbons (Fsp3) is 0.462. The van der Waals surface area contributed by atoms with Gasteiger partial charge in [0.25, 0.3) is 0 Å². The molecule has 0 unspecified atom stereocenters. The predicted molar refractivity (Wildman–Crippen MR) is 80.7 cm³/mol. The number of likely N-dealkylation sites (N-methyl/N-ethyl adjacent to an activating group) is 1. The van der Waals surface area contributed by atoms with Gasteiger partial charge in [0.1, 0.15) is 0 Å². The number of hydrogen-bond donors (Lipinski definition) is 2. The number of nitrogens with one attached hydrogen (secondary N) is 2. The van der Waals surface area contributed by atoms with E-state index in [0.717, 1.165) is 13.1 Å². The second kappa shape index (κ2) is 10.2. The molecule has 2 N–H and O–H groups in total. The Morgan fingerprint density at radius 1 is 1.28 bits per heavy atom. The number of carbonyl (C=O) groups is 1. The Balaban J connectivity index is 0.00000289. The number of halogens is 1. The summed E-state index contributed by atoms with van der Waals surface area (Å²) < 4.78 is 0. The third kappa shape index (κ3) is 6.89. The largest absolute Gasteiger partial charge is 0.354 e. The van der Waals surface area contributed by atoms with Crippen molar-refractivity contribution in [1.82, 2.24) is 10.6 Å². The van der Waals surface area contributed by atoms with Crippen molar-refractivity contribution in [3.05, 3.63) is 29.8 Å². The topological polar surface area (TPSA) is 41.1 Å². The number of carbonyl (C=O) groups excluding carboxylic acids is 1. The number of benzene rings is 1. The van der Waals surface area contributed by atoms with Gasteiger partial charge in [-0.05, 0) is 25.1 Å². The minimum absolute atomic E-state index is 0. The highest BCUT2D eigenvalue weighted by atomic mass is 35.5. The van der Waals surface area contributed by atoms with Crippen LogP contribution in [0.2, 0.25) is 0 Å². The van der Waals surface area contributed by atoms with Crippen molar-refractivity contribution in [2.45, 2.75) is 18.7 Å². The molecule has 5 heteroatoms. The van der Waals surface area contributed by atoms with E-state index in [2.05, 4.69) is 30.5 Å². The quantitative estimate of drug-likeness (QED) is 0.597. The van der Waals surface area contributed by atoms with Crippen molar-refractivity contribution in [2.24, 2.45) is 0 Å². The Hall–Kier alpha value is -0.710. The fourth-order valence-electron chi connectivity index (χ4n) is 1.38. The second-order valence-electron chi connectivity index (χ2n) is 3.76. The minimum atomic E-state index is 0. The van der Waals surface area contributed by atoms with Crippen LogP contribution in [0.4, 0.5) is 0 Å². The van der Waals surface area contributed by atoms with Crippen molar-refractivity contribution in [1.29, 1.82) is 0 Å². The first-order chi connectivity index (χ1) is 8.24. The van der Waals surface area contributed by atoms with Crippen LogP contribution in [0.15, 0.2) is 29.2 Å². The van der Waals surface area contributed by atoms with E-state index in [4.69, 9.17) is 0 Å². The van der Waals surface area contributed by atoms with Gasteiger partial charge in [-0.15, -0.1) is 24.2 Å². The number of rotatable bonds is 7. The summed E-state index contributed by atoms with van der Waals surface area (Å²) in [6, 6.07) is 8.12. The van der Waals surface area contributed by atoms with Crippen LogP contribution in [0.5, 0.6) is 0 Å². The Kier molecular flexibility index (Phi) is 9.83. The van der Waals surface area contributed by atoms with E-state index >= 15 is 0 Å². The summed E-state index contributed by atoms with van der Waals surface area (Å²) in [6.45, 7) is 6.58. The molecule has 3 nitrogen and oxygen atoms in total. The van der Waals surface area contributed by atoms with Gasteiger partial charge >= 0.3 is 0 Å². The highest BCUT2D eigenvalue weighted by Gasteiger charge is 2.03. The SMILES string of the molecule is CCNCCNC(=O)CSc1ccccc1C.Cl. The average Bonchev–Trinajstić information content (AvgIpc) is 2.34. The lowest BCUT2D eigenvalue weighted by molar-refractivity contribution is -0.118. The molecule has 1 aromatic rings. The number of thioether (sulfide) groups is 1. The molecule has 1 amide bonds. The average molecular weight is 289 g/mol. The van der Waals surface area contributed by atoms with Crippen molar-refractivity contribution in [3.63, 3.8) is 0 Å². The molecule has 1 aromatic carbocycles. The van der Waals surface area contributed by atoms with Gasteiger partial charge in [-0.2, -0.15) is 0 Å². The van der Waals surface area contributed by atoms with Gasteiger partial charge in [-0.1, -0.05) is 25.1 Å². The lowest BCUT2D eigenvalue weighted by Crippen LogP contribution is -2.32. The lowest BCUT2D eigenvalue weighted by Gasteiger charge is -2.06. The zero-order chi connectivity index (χ0) is 12.5. The molecule has 0 spiro atoms. The molecule has 0 aliphatic heterocycles.